The lowest BCUT2D eigenvalue weighted by Crippen LogP contribution is -2.26. The van der Waals surface area contributed by atoms with Gasteiger partial charge in [0.1, 0.15) is 0 Å². The van der Waals surface area contributed by atoms with Gasteiger partial charge in [-0.05, 0) is 55.0 Å². The Morgan fingerprint density at radius 1 is 0.892 bits per heavy atom. The molecule has 192 valence electrons. The standard InChI is InChI=1S/C27H26ClN3O6/c1-16-6-7-17(27(37)29-12-13-32)14-20(16)26(36)19-9-8-18(15-21(19)28)30-22-4-2-3-5-23(22)31-24(33)10-11-25(34)35/h2-9,14-15,30,32H,10-13H2,1H3,(H,29,37)(H,31,33)(H,34,35). The van der Waals surface area contributed by atoms with Crippen LogP contribution in [-0.4, -0.2) is 46.9 Å². The maximum absolute atomic E-state index is 13.3. The van der Waals surface area contributed by atoms with E-state index in [1.165, 1.54) is 6.07 Å². The number of amides is 2. The van der Waals surface area contributed by atoms with Crippen LogP contribution in [0.1, 0.15) is 44.7 Å². The number of aliphatic hydroxyl groups is 1. The van der Waals surface area contributed by atoms with Crippen LogP contribution >= 0.6 is 11.6 Å². The van der Waals surface area contributed by atoms with Gasteiger partial charge in [0.25, 0.3) is 5.91 Å². The van der Waals surface area contributed by atoms with Crippen molar-refractivity contribution in [1.29, 1.82) is 0 Å². The molecule has 0 bridgehead atoms. The second-order valence-electron chi connectivity index (χ2n) is 8.15. The molecule has 10 heteroatoms. The summed E-state index contributed by atoms with van der Waals surface area (Å²) in [6, 6.07) is 16.5. The van der Waals surface area contributed by atoms with Crippen LogP contribution in [0, 0.1) is 6.92 Å². The SMILES string of the molecule is Cc1ccc(C(=O)NCCO)cc1C(=O)c1ccc(Nc2ccccc2NC(=O)CCC(=O)O)cc1Cl. The molecule has 0 spiro atoms. The van der Waals surface area contributed by atoms with Crippen LogP contribution in [0.3, 0.4) is 0 Å². The third-order valence-electron chi connectivity index (χ3n) is 5.40. The molecule has 2 amide bonds. The van der Waals surface area contributed by atoms with Crippen molar-refractivity contribution in [3.63, 3.8) is 0 Å². The molecule has 9 nitrogen and oxygen atoms in total. The molecule has 5 N–H and O–H groups in total. The van der Waals surface area contributed by atoms with Gasteiger partial charge in [-0.15, -0.1) is 0 Å². The Hall–Kier alpha value is -4.21. The predicted octanol–water partition coefficient (Wildman–Crippen LogP) is 4.15. The van der Waals surface area contributed by atoms with E-state index in [0.29, 0.717) is 33.8 Å². The Labute approximate surface area is 218 Å². The number of aliphatic carboxylic acids is 1. The maximum atomic E-state index is 13.3. The molecular weight excluding hydrogens is 498 g/mol. The van der Waals surface area contributed by atoms with Crippen LogP contribution in [0.5, 0.6) is 0 Å². The number of aryl methyl sites for hydroxylation is 1. The van der Waals surface area contributed by atoms with Crippen LogP contribution < -0.4 is 16.0 Å². The molecule has 37 heavy (non-hydrogen) atoms. The number of halogens is 1. The number of benzene rings is 3. The summed E-state index contributed by atoms with van der Waals surface area (Å²) in [6.45, 7) is 1.67. The Morgan fingerprint density at radius 2 is 1.62 bits per heavy atom. The Morgan fingerprint density at radius 3 is 2.30 bits per heavy atom. The first kappa shape index (κ1) is 27.4. The number of anilines is 3. The molecule has 0 atom stereocenters. The van der Waals surface area contributed by atoms with Crippen molar-refractivity contribution in [2.24, 2.45) is 0 Å². The third-order valence-corrected chi connectivity index (χ3v) is 5.71. The minimum Gasteiger partial charge on any atom is -0.481 e. The van der Waals surface area contributed by atoms with Crippen molar-refractivity contribution in [2.75, 3.05) is 23.8 Å². The number of aliphatic hydroxyl groups excluding tert-OH is 1. The number of ketones is 1. The van der Waals surface area contributed by atoms with E-state index in [9.17, 15) is 19.2 Å². The minimum absolute atomic E-state index is 0.103. The predicted molar refractivity (Wildman–Crippen MR) is 141 cm³/mol. The van der Waals surface area contributed by atoms with Crippen LogP contribution in [0.25, 0.3) is 0 Å². The first-order chi connectivity index (χ1) is 17.7. The highest BCUT2D eigenvalue weighted by atomic mass is 35.5. The minimum atomic E-state index is -1.06. The molecule has 0 fully saturated rings. The van der Waals surface area contributed by atoms with Crippen LogP contribution in [-0.2, 0) is 9.59 Å². The normalized spacial score (nSPS) is 10.5. The molecule has 3 aromatic carbocycles. The quantitative estimate of drug-likeness (QED) is 0.237. The number of carbonyl (C=O) groups is 4. The molecule has 0 unspecified atom stereocenters. The lowest BCUT2D eigenvalue weighted by molar-refractivity contribution is -0.138. The summed E-state index contributed by atoms with van der Waals surface area (Å²) < 4.78 is 0. The summed E-state index contributed by atoms with van der Waals surface area (Å²) in [5, 5.41) is 26.3. The zero-order valence-corrected chi connectivity index (χ0v) is 20.8. The molecule has 0 saturated heterocycles. The van der Waals surface area contributed by atoms with E-state index in [0.717, 1.165) is 0 Å². The summed E-state index contributed by atoms with van der Waals surface area (Å²) in [4.78, 5) is 48.3. The van der Waals surface area contributed by atoms with Crippen molar-refractivity contribution in [1.82, 2.24) is 5.32 Å². The zero-order chi connectivity index (χ0) is 26.9. The Kier molecular flexibility index (Phi) is 9.37. The van der Waals surface area contributed by atoms with Gasteiger partial charge in [-0.1, -0.05) is 29.8 Å². The molecule has 0 aliphatic heterocycles. The first-order valence-electron chi connectivity index (χ1n) is 11.4. The smallest absolute Gasteiger partial charge is 0.303 e. The largest absolute Gasteiger partial charge is 0.481 e. The van der Waals surface area contributed by atoms with Gasteiger partial charge in [-0.3, -0.25) is 19.2 Å². The average molecular weight is 524 g/mol. The number of nitrogens with one attached hydrogen (secondary N) is 3. The van der Waals surface area contributed by atoms with Crippen molar-refractivity contribution in [3.8, 4) is 0 Å². The number of rotatable bonds is 11. The molecular formula is C27H26ClN3O6. The maximum Gasteiger partial charge on any atom is 0.303 e. The third kappa shape index (κ3) is 7.39. The molecule has 0 radical (unpaired) electrons. The summed E-state index contributed by atoms with van der Waals surface area (Å²) in [5.74, 6) is -2.24. The average Bonchev–Trinajstić information content (AvgIpc) is 2.87. The van der Waals surface area contributed by atoms with E-state index in [1.807, 2.05) is 0 Å². The Balaban J connectivity index is 1.79. The monoisotopic (exact) mass is 523 g/mol. The summed E-state index contributed by atoms with van der Waals surface area (Å²) >= 11 is 6.47. The lowest BCUT2D eigenvalue weighted by Gasteiger charge is -2.14. The van der Waals surface area contributed by atoms with Crippen LogP contribution in [0.15, 0.2) is 60.7 Å². The summed E-state index contributed by atoms with van der Waals surface area (Å²) in [7, 11) is 0. The number of para-hydroxylation sites is 2. The van der Waals surface area contributed by atoms with Crippen molar-refractivity contribution in [3.05, 3.63) is 87.9 Å². The van der Waals surface area contributed by atoms with E-state index in [4.69, 9.17) is 21.8 Å². The fraction of sp³-hybridized carbons (Fsp3) is 0.185. The molecule has 3 rings (SSSR count). The second kappa shape index (κ2) is 12.7. The molecule has 0 saturated carbocycles. The first-order valence-corrected chi connectivity index (χ1v) is 11.8. The van der Waals surface area contributed by atoms with Gasteiger partial charge >= 0.3 is 5.97 Å². The molecule has 0 aliphatic carbocycles. The topological polar surface area (TPSA) is 145 Å². The number of hydrogen-bond donors (Lipinski definition) is 5. The van der Waals surface area contributed by atoms with Gasteiger partial charge in [0.2, 0.25) is 5.91 Å². The van der Waals surface area contributed by atoms with Gasteiger partial charge in [0.05, 0.1) is 29.4 Å². The highest BCUT2D eigenvalue weighted by Crippen LogP contribution is 2.30. The second-order valence-corrected chi connectivity index (χ2v) is 8.55. The highest BCUT2D eigenvalue weighted by Gasteiger charge is 2.18. The Bertz CT molecular complexity index is 1340. The van der Waals surface area contributed by atoms with Gasteiger partial charge in [-0.25, -0.2) is 0 Å². The summed E-state index contributed by atoms with van der Waals surface area (Å²) in [6.07, 6.45) is -0.432. The molecule has 0 aliphatic rings. The van der Waals surface area contributed by atoms with Crippen molar-refractivity contribution >= 4 is 52.2 Å². The van der Waals surface area contributed by atoms with Gasteiger partial charge in [0, 0.05) is 35.3 Å². The number of carboxylic acid groups (broad SMARTS) is 1. The lowest BCUT2D eigenvalue weighted by atomic mass is 9.96. The molecule has 3 aromatic rings. The van der Waals surface area contributed by atoms with Crippen LogP contribution in [0.2, 0.25) is 5.02 Å². The van der Waals surface area contributed by atoms with E-state index >= 15 is 0 Å². The van der Waals surface area contributed by atoms with Gasteiger partial charge in [-0.2, -0.15) is 0 Å². The number of hydrogen-bond acceptors (Lipinski definition) is 6. The number of carbonyl (C=O) groups excluding carboxylic acids is 3. The van der Waals surface area contributed by atoms with E-state index in [-0.39, 0.29) is 42.4 Å². The van der Waals surface area contributed by atoms with E-state index in [1.54, 1.807) is 61.5 Å². The van der Waals surface area contributed by atoms with Crippen molar-refractivity contribution in [2.45, 2.75) is 19.8 Å². The van der Waals surface area contributed by atoms with E-state index in [2.05, 4.69) is 16.0 Å². The summed E-state index contributed by atoms with van der Waals surface area (Å²) in [5.41, 5.74) is 3.11. The van der Waals surface area contributed by atoms with Gasteiger partial charge in [0.15, 0.2) is 5.78 Å². The highest BCUT2D eigenvalue weighted by molar-refractivity contribution is 6.35. The van der Waals surface area contributed by atoms with Crippen LogP contribution in [0.4, 0.5) is 17.1 Å². The molecule has 0 aromatic heterocycles. The molecule has 0 heterocycles. The fourth-order valence-corrected chi connectivity index (χ4v) is 3.76. The van der Waals surface area contributed by atoms with Gasteiger partial charge < -0.3 is 26.2 Å². The zero-order valence-electron chi connectivity index (χ0n) is 20.0. The fourth-order valence-electron chi connectivity index (χ4n) is 3.49. The van der Waals surface area contributed by atoms with E-state index < -0.39 is 17.8 Å². The van der Waals surface area contributed by atoms with Crippen molar-refractivity contribution < 1.29 is 29.4 Å². The number of carboxylic acids is 1.